The third-order valence-electron chi connectivity index (χ3n) is 3.45. The van der Waals surface area contributed by atoms with E-state index in [0.29, 0.717) is 11.1 Å². The van der Waals surface area contributed by atoms with E-state index in [1.165, 1.54) is 17.4 Å². The molecule has 0 aliphatic carbocycles. The minimum Gasteiger partial charge on any atom is -0.378 e. The highest BCUT2D eigenvalue weighted by Crippen LogP contribution is 2.26. The Labute approximate surface area is 133 Å². The molecule has 7 nitrogen and oxygen atoms in total. The van der Waals surface area contributed by atoms with Gasteiger partial charge < -0.3 is 15.4 Å². The molecule has 4 N–H and O–H groups in total. The van der Waals surface area contributed by atoms with Crippen LogP contribution in [0.25, 0.3) is 0 Å². The molecule has 22 heavy (non-hydrogen) atoms. The molecule has 0 saturated carbocycles. The van der Waals surface area contributed by atoms with Crippen molar-refractivity contribution in [3.05, 3.63) is 29.8 Å². The van der Waals surface area contributed by atoms with E-state index in [1.807, 2.05) is 14.1 Å². The van der Waals surface area contributed by atoms with Gasteiger partial charge in [-0.2, -0.15) is 4.98 Å². The van der Waals surface area contributed by atoms with Gasteiger partial charge in [0.25, 0.3) is 0 Å². The van der Waals surface area contributed by atoms with Crippen molar-refractivity contribution in [2.45, 2.75) is 17.5 Å². The average molecular weight is 320 g/mol. The highest BCUT2D eigenvalue weighted by atomic mass is 32.2. The molecule has 1 aromatic carbocycles. The van der Waals surface area contributed by atoms with Crippen LogP contribution in [0.15, 0.2) is 29.4 Å². The normalized spacial score (nSPS) is 21.2. The van der Waals surface area contributed by atoms with Crippen LogP contribution in [0.4, 0.5) is 11.6 Å². The number of hydrogen-bond donors (Lipinski definition) is 3. The Balaban J connectivity index is 1.53. The zero-order valence-electron chi connectivity index (χ0n) is 12.6. The maximum absolute atomic E-state index is 6.03. The highest BCUT2D eigenvalue weighted by molar-refractivity contribution is 7.99. The first-order chi connectivity index (χ1) is 10.6. The Bertz CT molecular complexity index is 614. The van der Waals surface area contributed by atoms with Crippen molar-refractivity contribution in [1.29, 1.82) is 0 Å². The molecule has 1 aliphatic rings. The van der Waals surface area contributed by atoms with Gasteiger partial charge in [-0.05, 0) is 17.7 Å². The van der Waals surface area contributed by atoms with Crippen LogP contribution in [-0.2, 0) is 4.74 Å². The number of nitrogens with one attached hydrogen (secondary N) is 2. The van der Waals surface area contributed by atoms with Crippen molar-refractivity contribution in [2.24, 2.45) is 0 Å². The Hall–Kier alpha value is -1.77. The van der Waals surface area contributed by atoms with Gasteiger partial charge in [-0.3, -0.25) is 5.32 Å². The van der Waals surface area contributed by atoms with Crippen molar-refractivity contribution in [3.8, 4) is 0 Å². The lowest BCUT2D eigenvalue weighted by Gasteiger charge is -2.16. The summed E-state index contributed by atoms with van der Waals surface area (Å²) in [4.78, 5) is 6.15. The van der Waals surface area contributed by atoms with E-state index in [4.69, 9.17) is 10.5 Å². The number of nitrogens with zero attached hydrogens (tertiary/aromatic N) is 3. The number of ether oxygens (including phenoxy) is 1. The van der Waals surface area contributed by atoms with E-state index < -0.39 is 0 Å². The summed E-state index contributed by atoms with van der Waals surface area (Å²) in [5.74, 6) is 1.13. The monoisotopic (exact) mass is 320 g/mol. The van der Waals surface area contributed by atoms with Crippen molar-refractivity contribution in [1.82, 2.24) is 20.5 Å². The first kappa shape index (κ1) is 15.1. The molecule has 8 heteroatoms. The van der Waals surface area contributed by atoms with Crippen LogP contribution in [0.2, 0.25) is 0 Å². The fourth-order valence-electron chi connectivity index (χ4n) is 2.26. The predicted molar refractivity (Wildman–Crippen MR) is 87.9 cm³/mol. The maximum Gasteiger partial charge on any atom is 0.216 e. The van der Waals surface area contributed by atoms with Gasteiger partial charge >= 0.3 is 0 Å². The third kappa shape index (κ3) is 3.52. The topological polar surface area (TPSA) is 92.1 Å². The first-order valence-corrected chi connectivity index (χ1v) is 8.07. The summed E-state index contributed by atoms with van der Waals surface area (Å²) in [6.45, 7) is 0.813. The molecule has 0 radical (unpaired) electrons. The van der Waals surface area contributed by atoms with Crippen LogP contribution in [0.5, 0.6) is 0 Å². The maximum atomic E-state index is 6.03. The number of aromatic amines is 1. The Morgan fingerprint density at radius 2 is 2.14 bits per heavy atom. The summed E-state index contributed by atoms with van der Waals surface area (Å²) >= 11 is 1.54. The van der Waals surface area contributed by atoms with E-state index >= 15 is 0 Å². The molecule has 3 rings (SSSR count). The molecule has 1 fully saturated rings. The molecule has 2 atom stereocenters. The number of benzene rings is 1. The standard InChI is InChI=1S/C14H20N6OS/c1-20(2)10-5-3-9(4-6-10)12-16-7-11(21-12)8-22-14-17-13(15)18-19-14/h3-6,11-12,16H,7-8H2,1-2H3,(H3,15,17,18,19)/t11-,12-/m1/s1. The molecule has 0 bridgehead atoms. The van der Waals surface area contributed by atoms with Crippen LogP contribution in [0.1, 0.15) is 11.8 Å². The zero-order valence-corrected chi connectivity index (χ0v) is 13.4. The quantitative estimate of drug-likeness (QED) is 0.714. The Morgan fingerprint density at radius 3 is 2.77 bits per heavy atom. The minimum absolute atomic E-state index is 0.0565. The number of nitrogen functional groups attached to an aromatic ring is 1. The second-order valence-corrected chi connectivity index (χ2v) is 6.33. The van der Waals surface area contributed by atoms with Gasteiger partial charge in [-0.15, -0.1) is 5.10 Å². The van der Waals surface area contributed by atoms with Gasteiger partial charge in [-0.25, -0.2) is 5.10 Å². The molecule has 2 aromatic rings. The highest BCUT2D eigenvalue weighted by Gasteiger charge is 2.26. The van der Waals surface area contributed by atoms with Gasteiger partial charge in [0.15, 0.2) is 0 Å². The van der Waals surface area contributed by atoms with E-state index in [0.717, 1.165) is 17.9 Å². The average Bonchev–Trinajstić information content (AvgIpc) is 3.14. The van der Waals surface area contributed by atoms with E-state index in [1.54, 1.807) is 0 Å². The molecule has 1 aromatic heterocycles. The van der Waals surface area contributed by atoms with Crippen LogP contribution >= 0.6 is 11.8 Å². The van der Waals surface area contributed by atoms with Gasteiger partial charge in [-0.1, -0.05) is 23.9 Å². The summed E-state index contributed by atoms with van der Waals surface area (Å²) in [6.07, 6.45) is 0.0716. The molecule has 0 amide bonds. The molecule has 1 saturated heterocycles. The summed E-state index contributed by atoms with van der Waals surface area (Å²) in [5, 5.41) is 10.7. The summed E-state index contributed by atoms with van der Waals surface area (Å²) in [6, 6.07) is 8.38. The second-order valence-electron chi connectivity index (χ2n) is 5.35. The van der Waals surface area contributed by atoms with E-state index in [9.17, 15) is 0 Å². The fourth-order valence-corrected chi connectivity index (χ4v) is 3.06. The summed E-state index contributed by atoms with van der Waals surface area (Å²) in [5.41, 5.74) is 7.82. The number of nitrogens with two attached hydrogens (primary N) is 1. The summed E-state index contributed by atoms with van der Waals surface area (Å²) in [7, 11) is 4.06. The van der Waals surface area contributed by atoms with Gasteiger partial charge in [0.05, 0.1) is 6.10 Å². The third-order valence-corrected chi connectivity index (χ3v) is 4.43. The Morgan fingerprint density at radius 1 is 1.36 bits per heavy atom. The van der Waals surface area contributed by atoms with Gasteiger partial charge in [0.1, 0.15) is 6.23 Å². The lowest BCUT2D eigenvalue weighted by atomic mass is 10.2. The first-order valence-electron chi connectivity index (χ1n) is 7.08. The largest absolute Gasteiger partial charge is 0.378 e. The van der Waals surface area contributed by atoms with Crippen LogP contribution in [-0.4, -0.2) is 47.7 Å². The minimum atomic E-state index is -0.0565. The van der Waals surface area contributed by atoms with Crippen molar-refractivity contribution < 1.29 is 4.74 Å². The van der Waals surface area contributed by atoms with E-state index in [2.05, 4.69) is 49.7 Å². The molecule has 2 heterocycles. The number of anilines is 2. The molecular formula is C14H20N6OS. The molecule has 1 aliphatic heterocycles. The number of aromatic nitrogens is 3. The molecule has 0 spiro atoms. The van der Waals surface area contributed by atoms with Crippen molar-refractivity contribution in [3.63, 3.8) is 0 Å². The summed E-state index contributed by atoms with van der Waals surface area (Å²) < 4.78 is 6.03. The SMILES string of the molecule is CN(C)c1ccc([C@@H]2NC[C@H](CSc3n[nH]c(N)n3)O2)cc1. The fraction of sp³-hybridized carbons (Fsp3) is 0.429. The van der Waals surface area contributed by atoms with Gasteiger partial charge in [0.2, 0.25) is 11.1 Å². The number of rotatable bonds is 5. The Kier molecular flexibility index (Phi) is 4.51. The van der Waals surface area contributed by atoms with Crippen molar-refractivity contribution in [2.75, 3.05) is 37.0 Å². The lowest BCUT2D eigenvalue weighted by Crippen LogP contribution is -2.17. The molecule has 118 valence electrons. The molecular weight excluding hydrogens is 300 g/mol. The van der Waals surface area contributed by atoms with Crippen LogP contribution in [0, 0.1) is 0 Å². The van der Waals surface area contributed by atoms with Crippen molar-refractivity contribution >= 4 is 23.4 Å². The lowest BCUT2D eigenvalue weighted by molar-refractivity contribution is 0.0534. The molecule has 0 unspecified atom stereocenters. The van der Waals surface area contributed by atoms with Crippen LogP contribution in [0.3, 0.4) is 0 Å². The predicted octanol–water partition coefficient (Wildman–Crippen LogP) is 1.23. The zero-order chi connectivity index (χ0) is 15.5. The number of H-pyrrole nitrogens is 1. The number of thioether (sulfide) groups is 1. The number of hydrogen-bond acceptors (Lipinski definition) is 7. The van der Waals surface area contributed by atoms with Gasteiger partial charge in [0, 0.05) is 32.1 Å². The van der Waals surface area contributed by atoms with E-state index in [-0.39, 0.29) is 12.3 Å². The second kappa shape index (κ2) is 6.55. The smallest absolute Gasteiger partial charge is 0.216 e. The van der Waals surface area contributed by atoms with Crippen LogP contribution < -0.4 is 16.0 Å².